The second-order valence-electron chi connectivity index (χ2n) is 12.2. The number of esters is 2. The van der Waals surface area contributed by atoms with Crippen molar-refractivity contribution in [3.63, 3.8) is 0 Å². The number of hydrogen-bond acceptors (Lipinski definition) is 13. The smallest absolute Gasteiger partial charge is 0.340 e. The van der Waals surface area contributed by atoms with Crippen molar-refractivity contribution in [3.8, 4) is 0 Å². The van der Waals surface area contributed by atoms with E-state index in [1.165, 1.54) is 44.9 Å². The summed E-state index contributed by atoms with van der Waals surface area (Å²) in [5.74, 6) is -3.28. The summed E-state index contributed by atoms with van der Waals surface area (Å²) in [6.45, 7) is 3.47. The summed E-state index contributed by atoms with van der Waals surface area (Å²) in [5, 5.41) is 44.8. The molecule has 0 aromatic heterocycles. The highest BCUT2D eigenvalue weighted by Gasteiger charge is 2.20. The van der Waals surface area contributed by atoms with E-state index in [-0.39, 0.29) is 28.3 Å². The Morgan fingerprint density at radius 1 is 0.610 bits per heavy atom. The van der Waals surface area contributed by atoms with E-state index in [1.54, 1.807) is 73.8 Å². The molecule has 5 aromatic carbocycles. The van der Waals surface area contributed by atoms with Gasteiger partial charge in [0.05, 0.1) is 31.0 Å². The van der Waals surface area contributed by atoms with E-state index in [4.69, 9.17) is 9.47 Å². The summed E-state index contributed by atoms with van der Waals surface area (Å²) in [4.78, 5) is 49.5. The van der Waals surface area contributed by atoms with Crippen molar-refractivity contribution in [1.29, 1.82) is 0 Å². The number of nitrogens with one attached hydrogen (secondary N) is 3. The Balaban J connectivity index is 0.000000288. The predicted octanol–water partition coefficient (Wildman–Crippen LogP) is 9.71. The number of anilines is 3. The molecular weight excluding hydrogens is 755 g/mol. The van der Waals surface area contributed by atoms with Crippen molar-refractivity contribution in [2.24, 2.45) is 20.5 Å². The molecule has 5 aromatic rings. The number of amides is 2. The van der Waals surface area contributed by atoms with Crippen LogP contribution in [0.1, 0.15) is 45.7 Å². The van der Waals surface area contributed by atoms with Crippen LogP contribution in [0, 0.1) is 0 Å². The molecule has 0 saturated heterocycles. The number of methoxy groups -OCH3 is 2. The maximum Gasteiger partial charge on any atom is 0.340 e. The Kier molecular flexibility index (Phi) is 16.3. The minimum Gasteiger partial charge on any atom is -0.510 e. The molecule has 0 spiro atoms. The van der Waals surface area contributed by atoms with Gasteiger partial charge in [0.15, 0.2) is 17.2 Å². The van der Waals surface area contributed by atoms with Gasteiger partial charge in [-0.15, -0.1) is 15.3 Å². The lowest BCUT2D eigenvalue weighted by Crippen LogP contribution is -2.15. The number of carbonyl (C=O) groups is 4. The van der Waals surface area contributed by atoms with Crippen LogP contribution in [0.4, 0.5) is 28.4 Å². The summed E-state index contributed by atoms with van der Waals surface area (Å²) in [6, 6.07) is 35.7. The number of benzene rings is 5. The minimum absolute atomic E-state index is 0.00502. The number of nitrogens with zero attached hydrogens (tertiary/aromatic N) is 4. The van der Waals surface area contributed by atoms with Crippen molar-refractivity contribution in [3.05, 3.63) is 167 Å². The van der Waals surface area contributed by atoms with Crippen molar-refractivity contribution in [2.75, 3.05) is 37.2 Å². The maximum absolute atomic E-state index is 13.1. The van der Waals surface area contributed by atoms with Gasteiger partial charge in [0.25, 0.3) is 11.8 Å². The molecule has 0 heterocycles. The van der Waals surface area contributed by atoms with Gasteiger partial charge in [0, 0.05) is 29.7 Å². The van der Waals surface area contributed by atoms with E-state index >= 15 is 0 Å². The van der Waals surface area contributed by atoms with Gasteiger partial charge in [-0.2, -0.15) is 5.11 Å². The maximum atomic E-state index is 13.1. The third-order valence-corrected chi connectivity index (χ3v) is 8.20. The molecule has 0 atom stereocenters. The highest BCUT2D eigenvalue weighted by atomic mass is 16.5. The van der Waals surface area contributed by atoms with Crippen LogP contribution in [-0.2, 0) is 25.5 Å². The van der Waals surface area contributed by atoms with Crippen LogP contribution in [0.25, 0.3) is 5.76 Å². The molecular formula is C44H43N7O8. The quantitative estimate of drug-likeness (QED) is 0.0331. The molecule has 0 aliphatic carbocycles. The zero-order valence-corrected chi connectivity index (χ0v) is 33.0. The second kappa shape index (κ2) is 22.0. The lowest BCUT2D eigenvalue weighted by molar-refractivity contribution is -0.113. The molecule has 302 valence electrons. The fourth-order valence-electron chi connectivity index (χ4n) is 4.99. The van der Waals surface area contributed by atoms with E-state index < -0.39 is 35.2 Å². The number of rotatable bonds is 13. The third-order valence-electron chi connectivity index (χ3n) is 8.20. The molecule has 5 rings (SSSR count). The molecule has 0 bridgehead atoms. The average molecular weight is 798 g/mol. The summed E-state index contributed by atoms with van der Waals surface area (Å²) < 4.78 is 9.49. The number of azo groups is 2. The monoisotopic (exact) mass is 797 g/mol. The summed E-state index contributed by atoms with van der Waals surface area (Å²) >= 11 is 0. The zero-order chi connectivity index (χ0) is 42.7. The fraction of sp³-hybridized carbons (Fsp3) is 0.136. The summed E-state index contributed by atoms with van der Waals surface area (Å²) in [6.07, 6.45) is 0.942. The van der Waals surface area contributed by atoms with E-state index in [2.05, 4.69) is 43.3 Å². The van der Waals surface area contributed by atoms with Gasteiger partial charge in [-0.3, -0.25) is 9.59 Å². The van der Waals surface area contributed by atoms with Crippen LogP contribution in [0.15, 0.2) is 165 Å². The van der Waals surface area contributed by atoms with Crippen molar-refractivity contribution < 1.29 is 38.9 Å². The topological polar surface area (TPSA) is 213 Å². The largest absolute Gasteiger partial charge is 0.510 e. The first-order valence-corrected chi connectivity index (χ1v) is 18.0. The van der Waals surface area contributed by atoms with E-state index in [0.717, 1.165) is 12.1 Å². The number of aliphatic hydroxyl groups excluding tert-OH is 2. The molecule has 15 nitrogen and oxygen atoms in total. The average Bonchev–Trinajstić information content (AvgIpc) is 3.26. The van der Waals surface area contributed by atoms with Crippen LogP contribution >= 0.6 is 0 Å². The lowest BCUT2D eigenvalue weighted by atomic mass is 10.1. The number of carbonyl (C=O) groups excluding carboxylic acids is 4. The molecule has 2 amide bonds. The zero-order valence-electron chi connectivity index (χ0n) is 33.0. The predicted molar refractivity (Wildman–Crippen MR) is 225 cm³/mol. The normalized spacial score (nSPS) is 11.7. The first kappa shape index (κ1) is 43.8. The highest BCUT2D eigenvalue weighted by molar-refractivity contribution is 6.08. The van der Waals surface area contributed by atoms with Gasteiger partial charge in [0.1, 0.15) is 11.4 Å². The van der Waals surface area contributed by atoms with Crippen LogP contribution in [-0.4, -0.2) is 55.2 Å². The molecule has 15 heteroatoms. The molecule has 59 heavy (non-hydrogen) atoms. The van der Waals surface area contributed by atoms with Crippen molar-refractivity contribution in [2.45, 2.75) is 20.3 Å². The number of ether oxygens (including phenoxy) is 2. The fourth-order valence-corrected chi connectivity index (χ4v) is 4.99. The summed E-state index contributed by atoms with van der Waals surface area (Å²) in [5.41, 5.74) is 3.51. The third kappa shape index (κ3) is 12.8. The molecule has 0 radical (unpaired) electrons. The van der Waals surface area contributed by atoms with Crippen LogP contribution in [0.2, 0.25) is 0 Å². The van der Waals surface area contributed by atoms with E-state index in [1.807, 2.05) is 42.5 Å². The standard InChI is InChI=1S/C26H24N4O6.C18H19N3O2/c1-27-18-12-9-16(10-13-18)23(31)22(24(32)28-19-7-5-4-6-8-19)30-29-21-15-17(25(33)35-2)11-14-20(21)26(34)36-3;1-3-14-9-11-16(12-10-14)20-21-17(13(2)22)18(23)19-15-7-5-4-6-8-15/h4-15,27,31H,1-3H3,(H,28,32);4-12,22H,3H2,1-2H3,(H,19,23). The Bertz CT molecular complexity index is 2360. The van der Waals surface area contributed by atoms with Gasteiger partial charge in [0.2, 0.25) is 0 Å². The van der Waals surface area contributed by atoms with Crippen LogP contribution < -0.4 is 16.0 Å². The van der Waals surface area contributed by atoms with Gasteiger partial charge in [-0.25, -0.2) is 9.59 Å². The Morgan fingerprint density at radius 2 is 1.14 bits per heavy atom. The van der Waals surface area contributed by atoms with Gasteiger partial charge in [-0.05, 0) is 97.8 Å². The van der Waals surface area contributed by atoms with Crippen LogP contribution in [0.3, 0.4) is 0 Å². The van der Waals surface area contributed by atoms with Crippen molar-refractivity contribution in [1.82, 2.24) is 0 Å². The Hall–Kier alpha value is -7.94. The molecule has 0 unspecified atom stereocenters. The van der Waals surface area contributed by atoms with Gasteiger partial charge in [-0.1, -0.05) is 55.5 Å². The van der Waals surface area contributed by atoms with Gasteiger partial charge < -0.3 is 35.6 Å². The summed E-state index contributed by atoms with van der Waals surface area (Å²) in [7, 11) is 4.15. The number of aryl methyl sites for hydroxylation is 1. The number of hydrogen-bond donors (Lipinski definition) is 5. The first-order valence-electron chi connectivity index (χ1n) is 18.0. The number of allylic oxidation sites excluding steroid dienone is 1. The molecule has 0 saturated carbocycles. The Labute approximate surface area is 340 Å². The number of para-hydroxylation sites is 2. The van der Waals surface area contributed by atoms with Crippen LogP contribution in [0.5, 0.6) is 0 Å². The van der Waals surface area contributed by atoms with Gasteiger partial charge >= 0.3 is 11.9 Å². The molecule has 0 aliphatic heterocycles. The minimum atomic E-state index is -0.746. The van der Waals surface area contributed by atoms with Crippen molar-refractivity contribution >= 4 is 57.9 Å². The molecule has 5 N–H and O–H groups in total. The van der Waals surface area contributed by atoms with E-state index in [0.29, 0.717) is 22.6 Å². The first-order chi connectivity index (χ1) is 28.5. The SMILES string of the molecule is CCc1ccc(N=NC(C(=O)Nc2ccccc2)=C(C)O)cc1.CNc1ccc(C(O)=C(N=Nc2cc(C(=O)OC)ccc2C(=O)OC)C(=O)Nc2ccccc2)cc1. The Morgan fingerprint density at radius 3 is 1.64 bits per heavy atom. The molecule has 0 aliphatic rings. The molecule has 0 fully saturated rings. The lowest BCUT2D eigenvalue weighted by Gasteiger charge is -2.09. The highest BCUT2D eigenvalue weighted by Crippen LogP contribution is 2.27. The number of aliphatic hydroxyl groups is 2. The second-order valence-corrected chi connectivity index (χ2v) is 12.2. The van der Waals surface area contributed by atoms with E-state index in [9.17, 15) is 29.4 Å².